The Morgan fingerprint density at radius 1 is 1.26 bits per heavy atom. The Labute approximate surface area is 110 Å². The van der Waals surface area contributed by atoms with Gasteiger partial charge in [0.15, 0.2) is 5.78 Å². The molecule has 0 saturated carbocycles. The Morgan fingerprint density at radius 3 is 2.79 bits per heavy atom. The Kier molecular flexibility index (Phi) is 2.89. The summed E-state index contributed by atoms with van der Waals surface area (Å²) in [5.74, 6) is -0.309. The van der Waals surface area contributed by atoms with Gasteiger partial charge in [-0.05, 0) is 32.7 Å². The minimum absolute atomic E-state index is 0.0658. The van der Waals surface area contributed by atoms with Gasteiger partial charge in [0.1, 0.15) is 0 Å². The molecule has 6 heteroatoms. The average Bonchev–Trinajstić information content (AvgIpc) is 2.92. The van der Waals surface area contributed by atoms with E-state index in [9.17, 15) is 14.4 Å². The number of Topliss-reactive ketones (excluding diaryl/α,β-unsaturated/α-hetero) is 1. The molecule has 6 nitrogen and oxygen atoms in total. The number of hydrogen-bond donors (Lipinski definition) is 1. The lowest BCUT2D eigenvalue weighted by atomic mass is 10.1. The molecule has 2 unspecified atom stereocenters. The summed E-state index contributed by atoms with van der Waals surface area (Å²) < 4.78 is 1.26. The highest BCUT2D eigenvalue weighted by Crippen LogP contribution is 2.34. The number of nitrogens with zero attached hydrogens (tertiary/aromatic N) is 2. The van der Waals surface area contributed by atoms with Crippen LogP contribution in [0.3, 0.4) is 0 Å². The largest absolute Gasteiger partial charge is 0.328 e. The molecule has 19 heavy (non-hydrogen) atoms. The van der Waals surface area contributed by atoms with E-state index in [1.807, 2.05) is 0 Å². The summed E-state index contributed by atoms with van der Waals surface area (Å²) in [6.45, 7) is 3.31. The zero-order chi connectivity index (χ0) is 13.6. The maximum absolute atomic E-state index is 12.3. The van der Waals surface area contributed by atoms with Crippen LogP contribution in [0.2, 0.25) is 0 Å². The van der Waals surface area contributed by atoms with Gasteiger partial charge in [0.05, 0.1) is 11.6 Å². The number of ketones is 1. The molecule has 102 valence electrons. The quantitative estimate of drug-likeness (QED) is 0.771. The Hall–Kier alpha value is -1.69. The van der Waals surface area contributed by atoms with E-state index in [1.165, 1.54) is 17.7 Å². The number of aromatic nitrogens is 2. The van der Waals surface area contributed by atoms with Gasteiger partial charge >= 0.3 is 5.69 Å². The van der Waals surface area contributed by atoms with Gasteiger partial charge in [-0.1, -0.05) is 0 Å². The average molecular weight is 263 g/mol. The van der Waals surface area contributed by atoms with E-state index in [1.54, 1.807) is 0 Å². The molecule has 1 N–H and O–H groups in total. The van der Waals surface area contributed by atoms with Crippen molar-refractivity contribution in [3.8, 4) is 0 Å². The van der Waals surface area contributed by atoms with Crippen LogP contribution in [0.25, 0.3) is 0 Å². The number of aromatic amines is 1. The number of nitrogens with one attached hydrogen (secondary N) is 1. The van der Waals surface area contributed by atoms with Gasteiger partial charge in [-0.2, -0.15) is 0 Å². The molecule has 1 aromatic rings. The van der Waals surface area contributed by atoms with Crippen LogP contribution in [-0.2, 0) is 0 Å². The first-order valence-electron chi connectivity index (χ1n) is 6.69. The number of hydrogen-bond acceptors (Lipinski definition) is 4. The van der Waals surface area contributed by atoms with Crippen LogP contribution in [0.4, 0.5) is 0 Å². The lowest BCUT2D eigenvalue weighted by Crippen LogP contribution is -2.43. The maximum atomic E-state index is 12.3. The molecule has 2 saturated heterocycles. The van der Waals surface area contributed by atoms with Crippen LogP contribution in [0, 0.1) is 0 Å². The highest BCUT2D eigenvalue weighted by atomic mass is 16.2. The fourth-order valence-corrected chi connectivity index (χ4v) is 3.40. The van der Waals surface area contributed by atoms with Gasteiger partial charge < -0.3 is 4.98 Å². The first-order chi connectivity index (χ1) is 9.09. The molecule has 1 aromatic heterocycles. The van der Waals surface area contributed by atoms with Crippen LogP contribution >= 0.6 is 0 Å². The van der Waals surface area contributed by atoms with Crippen molar-refractivity contribution in [2.45, 2.75) is 38.3 Å². The molecule has 0 amide bonds. The molecule has 0 radical (unpaired) electrons. The fourth-order valence-electron chi connectivity index (χ4n) is 3.40. The SMILES string of the molecule is CC(=O)c1c[nH]c(=O)n(C2CCN3CCCC23)c1=O. The van der Waals surface area contributed by atoms with E-state index in [4.69, 9.17) is 0 Å². The molecule has 2 aliphatic rings. The summed E-state index contributed by atoms with van der Waals surface area (Å²) in [4.78, 5) is 40.6. The third-order valence-electron chi connectivity index (χ3n) is 4.29. The molecule has 2 atom stereocenters. The van der Waals surface area contributed by atoms with Gasteiger partial charge in [-0.15, -0.1) is 0 Å². The number of fused-ring (bicyclic) bond motifs is 1. The normalized spacial score (nSPS) is 26.6. The van der Waals surface area contributed by atoms with Crippen molar-refractivity contribution >= 4 is 5.78 Å². The molecule has 3 rings (SSSR count). The van der Waals surface area contributed by atoms with E-state index in [0.29, 0.717) is 0 Å². The van der Waals surface area contributed by atoms with Crippen molar-refractivity contribution in [2.24, 2.45) is 0 Å². The monoisotopic (exact) mass is 263 g/mol. The second-order valence-electron chi connectivity index (χ2n) is 5.34. The zero-order valence-electron chi connectivity index (χ0n) is 10.9. The Balaban J connectivity index is 2.10. The predicted octanol–water partition coefficient (Wildman–Crippen LogP) is 0.148. The molecule has 0 aliphatic carbocycles. The Morgan fingerprint density at radius 2 is 2.05 bits per heavy atom. The minimum atomic E-state index is -0.449. The summed E-state index contributed by atoms with van der Waals surface area (Å²) in [5.41, 5.74) is -0.792. The van der Waals surface area contributed by atoms with Gasteiger partial charge in [0.25, 0.3) is 5.56 Å². The standard InChI is InChI=1S/C13H17N3O3/c1-8(17)9-7-14-13(19)16(12(9)18)11-4-6-15-5-2-3-10(11)15/h7,10-11H,2-6H2,1H3,(H,14,19). The predicted molar refractivity (Wildman–Crippen MR) is 69.6 cm³/mol. The van der Waals surface area contributed by atoms with E-state index in [0.717, 1.165) is 32.4 Å². The first-order valence-corrected chi connectivity index (χ1v) is 6.69. The zero-order valence-corrected chi connectivity index (χ0v) is 10.9. The van der Waals surface area contributed by atoms with Gasteiger partial charge in [0.2, 0.25) is 0 Å². The van der Waals surface area contributed by atoms with Crippen LogP contribution < -0.4 is 11.2 Å². The van der Waals surface area contributed by atoms with Gasteiger partial charge in [-0.3, -0.25) is 19.1 Å². The first kappa shape index (κ1) is 12.3. The summed E-state index contributed by atoms with van der Waals surface area (Å²) in [6, 6.07) is 0.166. The summed E-state index contributed by atoms with van der Waals surface area (Å²) in [5, 5.41) is 0. The van der Waals surface area contributed by atoms with Crippen LogP contribution in [0.1, 0.15) is 42.6 Å². The fraction of sp³-hybridized carbons (Fsp3) is 0.615. The number of H-pyrrole nitrogens is 1. The van der Waals surface area contributed by atoms with Crippen molar-refractivity contribution in [3.05, 3.63) is 32.6 Å². The van der Waals surface area contributed by atoms with Crippen molar-refractivity contribution in [3.63, 3.8) is 0 Å². The molecule has 2 aliphatic heterocycles. The lowest BCUT2D eigenvalue weighted by molar-refractivity contribution is 0.101. The topological polar surface area (TPSA) is 75.2 Å². The summed E-state index contributed by atoms with van der Waals surface area (Å²) >= 11 is 0. The highest BCUT2D eigenvalue weighted by Gasteiger charge is 2.39. The molecule has 2 fully saturated rings. The number of rotatable bonds is 2. The third kappa shape index (κ3) is 1.87. The lowest BCUT2D eigenvalue weighted by Gasteiger charge is -2.21. The summed E-state index contributed by atoms with van der Waals surface area (Å²) in [7, 11) is 0. The minimum Gasteiger partial charge on any atom is -0.313 e. The molecular formula is C13H17N3O3. The Bertz CT molecular complexity index is 631. The van der Waals surface area contributed by atoms with Crippen molar-refractivity contribution in [2.75, 3.05) is 13.1 Å². The van der Waals surface area contributed by atoms with Crippen LogP contribution in [0.5, 0.6) is 0 Å². The van der Waals surface area contributed by atoms with Crippen molar-refractivity contribution in [1.29, 1.82) is 0 Å². The smallest absolute Gasteiger partial charge is 0.313 e. The third-order valence-corrected chi connectivity index (χ3v) is 4.29. The van der Waals surface area contributed by atoms with Crippen LogP contribution in [-0.4, -0.2) is 39.4 Å². The van der Waals surface area contributed by atoms with E-state index >= 15 is 0 Å². The van der Waals surface area contributed by atoms with Gasteiger partial charge in [0, 0.05) is 18.8 Å². The molecular weight excluding hydrogens is 246 g/mol. The van der Waals surface area contributed by atoms with E-state index in [-0.39, 0.29) is 23.4 Å². The number of carbonyl (C=O) groups is 1. The second kappa shape index (κ2) is 4.45. The molecule has 0 spiro atoms. The van der Waals surface area contributed by atoms with Crippen molar-refractivity contribution in [1.82, 2.24) is 14.5 Å². The second-order valence-corrected chi connectivity index (χ2v) is 5.34. The molecule has 0 aromatic carbocycles. The van der Waals surface area contributed by atoms with E-state index in [2.05, 4.69) is 9.88 Å². The van der Waals surface area contributed by atoms with E-state index < -0.39 is 11.2 Å². The highest BCUT2D eigenvalue weighted by molar-refractivity contribution is 5.93. The maximum Gasteiger partial charge on any atom is 0.328 e. The summed E-state index contributed by atoms with van der Waals surface area (Å²) in [6.07, 6.45) is 4.15. The molecule has 3 heterocycles. The van der Waals surface area contributed by atoms with Gasteiger partial charge in [-0.25, -0.2) is 4.79 Å². The van der Waals surface area contributed by atoms with Crippen molar-refractivity contribution < 1.29 is 4.79 Å². The molecule has 0 bridgehead atoms. The number of carbonyl (C=O) groups excluding carboxylic acids is 1. The van der Waals surface area contributed by atoms with Crippen LogP contribution in [0.15, 0.2) is 15.8 Å².